The Morgan fingerprint density at radius 1 is 1.09 bits per heavy atom. The molecule has 1 aliphatic heterocycles. The summed E-state index contributed by atoms with van der Waals surface area (Å²) in [5.41, 5.74) is 6.38. The van der Waals surface area contributed by atoms with Gasteiger partial charge in [-0.3, -0.25) is 9.69 Å². The van der Waals surface area contributed by atoms with E-state index in [0.717, 1.165) is 38.7 Å². The summed E-state index contributed by atoms with van der Waals surface area (Å²) >= 11 is 0. The molecule has 33 heavy (non-hydrogen) atoms. The summed E-state index contributed by atoms with van der Waals surface area (Å²) in [5, 5.41) is 2.64. The smallest absolute Gasteiger partial charge is 0.373 e. The van der Waals surface area contributed by atoms with E-state index < -0.39 is 17.9 Å². The van der Waals surface area contributed by atoms with Crippen molar-refractivity contribution >= 4 is 24.0 Å². The molecule has 0 saturated carbocycles. The van der Waals surface area contributed by atoms with Crippen LogP contribution in [0.1, 0.15) is 44.4 Å². The fourth-order valence-corrected chi connectivity index (χ4v) is 3.96. The van der Waals surface area contributed by atoms with E-state index >= 15 is 0 Å². The SMILES string of the molecule is COC(=O)c1ccc(CN2C(=O)N/C(=C\c3cc(C)n(-c4cc(C)ccc4C)c3C)C2=O)o1. The van der Waals surface area contributed by atoms with Crippen LogP contribution in [0.25, 0.3) is 11.8 Å². The number of esters is 1. The number of amides is 3. The highest BCUT2D eigenvalue weighted by Crippen LogP contribution is 2.27. The first kappa shape index (κ1) is 22.1. The predicted octanol–water partition coefficient (Wildman–Crippen LogP) is 4.18. The van der Waals surface area contributed by atoms with Gasteiger partial charge >= 0.3 is 12.0 Å². The van der Waals surface area contributed by atoms with Gasteiger partial charge in [0.15, 0.2) is 0 Å². The summed E-state index contributed by atoms with van der Waals surface area (Å²) < 4.78 is 12.1. The van der Waals surface area contributed by atoms with E-state index in [0.29, 0.717) is 5.76 Å². The molecule has 1 aliphatic rings. The van der Waals surface area contributed by atoms with Crippen LogP contribution in [0.5, 0.6) is 0 Å². The first-order valence-corrected chi connectivity index (χ1v) is 10.5. The number of methoxy groups -OCH3 is 1. The number of hydrogen-bond acceptors (Lipinski definition) is 5. The third kappa shape index (κ3) is 4.07. The molecule has 2 aromatic heterocycles. The predicted molar refractivity (Wildman–Crippen MR) is 122 cm³/mol. The molecule has 0 bridgehead atoms. The van der Waals surface area contributed by atoms with Crippen molar-refractivity contribution in [3.63, 3.8) is 0 Å². The fourth-order valence-electron chi connectivity index (χ4n) is 3.96. The Labute approximate surface area is 191 Å². The zero-order valence-electron chi connectivity index (χ0n) is 19.2. The molecule has 4 rings (SSSR count). The van der Waals surface area contributed by atoms with E-state index in [-0.39, 0.29) is 18.0 Å². The number of imide groups is 1. The first-order chi connectivity index (χ1) is 15.7. The number of carbonyl (C=O) groups is 3. The molecule has 0 unspecified atom stereocenters. The summed E-state index contributed by atoms with van der Waals surface area (Å²) in [5.74, 6) is -0.784. The largest absolute Gasteiger partial charge is 0.463 e. The minimum atomic E-state index is -0.627. The minimum Gasteiger partial charge on any atom is -0.463 e. The summed E-state index contributed by atoms with van der Waals surface area (Å²) in [6.07, 6.45) is 1.69. The quantitative estimate of drug-likeness (QED) is 0.360. The highest BCUT2D eigenvalue weighted by molar-refractivity contribution is 6.13. The number of nitrogens with one attached hydrogen (secondary N) is 1. The van der Waals surface area contributed by atoms with Gasteiger partial charge in [0.25, 0.3) is 5.91 Å². The molecule has 8 heteroatoms. The third-order valence-electron chi connectivity index (χ3n) is 5.70. The second-order valence-corrected chi connectivity index (χ2v) is 8.09. The van der Waals surface area contributed by atoms with Gasteiger partial charge in [-0.25, -0.2) is 9.59 Å². The van der Waals surface area contributed by atoms with Gasteiger partial charge in [-0.2, -0.15) is 0 Å². The van der Waals surface area contributed by atoms with Crippen molar-refractivity contribution < 1.29 is 23.5 Å². The van der Waals surface area contributed by atoms with Crippen LogP contribution in [0, 0.1) is 27.7 Å². The lowest BCUT2D eigenvalue weighted by atomic mass is 10.1. The zero-order chi connectivity index (χ0) is 23.9. The molecule has 1 saturated heterocycles. The lowest BCUT2D eigenvalue weighted by molar-refractivity contribution is -0.123. The molecule has 3 amide bonds. The Balaban J connectivity index is 1.61. The van der Waals surface area contributed by atoms with Crippen LogP contribution in [0.15, 0.2) is 46.5 Å². The fraction of sp³-hybridized carbons (Fsp3) is 0.240. The molecule has 1 N–H and O–H groups in total. The Kier molecular flexibility index (Phi) is 5.68. The van der Waals surface area contributed by atoms with Crippen molar-refractivity contribution in [1.82, 2.24) is 14.8 Å². The van der Waals surface area contributed by atoms with E-state index in [9.17, 15) is 14.4 Å². The van der Waals surface area contributed by atoms with E-state index in [4.69, 9.17) is 4.42 Å². The van der Waals surface area contributed by atoms with Crippen molar-refractivity contribution in [1.29, 1.82) is 0 Å². The monoisotopic (exact) mass is 447 g/mol. The van der Waals surface area contributed by atoms with Gasteiger partial charge < -0.3 is 19.0 Å². The first-order valence-electron chi connectivity index (χ1n) is 10.5. The molecule has 0 radical (unpaired) electrons. The van der Waals surface area contributed by atoms with E-state index in [1.165, 1.54) is 19.2 Å². The van der Waals surface area contributed by atoms with E-state index in [1.807, 2.05) is 19.9 Å². The third-order valence-corrected chi connectivity index (χ3v) is 5.70. The highest BCUT2D eigenvalue weighted by Gasteiger charge is 2.34. The topological polar surface area (TPSA) is 93.8 Å². The van der Waals surface area contributed by atoms with Crippen LogP contribution < -0.4 is 5.32 Å². The number of urea groups is 1. The van der Waals surface area contributed by atoms with Gasteiger partial charge in [-0.15, -0.1) is 0 Å². The number of aromatic nitrogens is 1. The lowest BCUT2D eigenvalue weighted by Crippen LogP contribution is -2.30. The van der Waals surface area contributed by atoms with Gasteiger partial charge in [0.2, 0.25) is 5.76 Å². The van der Waals surface area contributed by atoms with Crippen LogP contribution in [0.3, 0.4) is 0 Å². The maximum absolute atomic E-state index is 12.9. The van der Waals surface area contributed by atoms with Gasteiger partial charge in [-0.1, -0.05) is 12.1 Å². The normalized spacial score (nSPS) is 14.8. The Morgan fingerprint density at radius 2 is 1.85 bits per heavy atom. The number of aryl methyl sites for hydroxylation is 3. The molecular formula is C25H25N3O5. The Morgan fingerprint density at radius 3 is 2.58 bits per heavy atom. The summed E-state index contributed by atoms with van der Waals surface area (Å²) in [6, 6.07) is 10.7. The maximum Gasteiger partial charge on any atom is 0.373 e. The second-order valence-electron chi connectivity index (χ2n) is 8.09. The molecule has 3 aromatic rings. The van der Waals surface area contributed by atoms with E-state index in [1.54, 1.807) is 6.08 Å². The van der Waals surface area contributed by atoms with Gasteiger partial charge in [-0.05, 0) is 74.7 Å². The van der Waals surface area contributed by atoms with Crippen LogP contribution in [-0.4, -0.2) is 34.5 Å². The van der Waals surface area contributed by atoms with Gasteiger partial charge in [0, 0.05) is 17.1 Å². The number of furan rings is 1. The number of carbonyl (C=O) groups excluding carboxylic acids is 3. The second kappa shape index (κ2) is 8.46. The van der Waals surface area contributed by atoms with Crippen LogP contribution >= 0.6 is 0 Å². The average molecular weight is 447 g/mol. The van der Waals surface area contributed by atoms with Crippen LogP contribution in [0.2, 0.25) is 0 Å². The van der Waals surface area contributed by atoms with Crippen LogP contribution in [-0.2, 0) is 16.1 Å². The highest BCUT2D eigenvalue weighted by atomic mass is 16.5. The molecule has 3 heterocycles. The van der Waals surface area contributed by atoms with Crippen molar-refractivity contribution in [3.8, 4) is 5.69 Å². The van der Waals surface area contributed by atoms with Crippen molar-refractivity contribution in [2.75, 3.05) is 7.11 Å². The molecule has 1 aromatic carbocycles. The molecular weight excluding hydrogens is 422 g/mol. The van der Waals surface area contributed by atoms with Crippen LogP contribution in [0.4, 0.5) is 4.79 Å². The van der Waals surface area contributed by atoms with E-state index in [2.05, 4.69) is 46.7 Å². The number of benzene rings is 1. The number of rotatable bonds is 5. The lowest BCUT2D eigenvalue weighted by Gasteiger charge is -2.13. The van der Waals surface area contributed by atoms with Crippen molar-refractivity contribution in [2.24, 2.45) is 0 Å². The van der Waals surface area contributed by atoms with Gasteiger partial charge in [0.05, 0.1) is 13.7 Å². The molecule has 0 aliphatic carbocycles. The van der Waals surface area contributed by atoms with Crippen molar-refractivity contribution in [3.05, 3.63) is 81.7 Å². The number of hydrogen-bond donors (Lipinski definition) is 1. The van der Waals surface area contributed by atoms with Gasteiger partial charge in [0.1, 0.15) is 11.5 Å². The van der Waals surface area contributed by atoms with Crippen molar-refractivity contribution in [2.45, 2.75) is 34.2 Å². The summed E-state index contributed by atoms with van der Waals surface area (Å²) in [6.45, 7) is 8.00. The maximum atomic E-state index is 12.9. The molecule has 0 spiro atoms. The molecule has 0 atom stereocenters. The summed E-state index contributed by atoms with van der Waals surface area (Å²) in [4.78, 5) is 38.0. The molecule has 170 valence electrons. The molecule has 8 nitrogen and oxygen atoms in total. The average Bonchev–Trinajstić information content (AvgIpc) is 3.43. The Hall–Kier alpha value is -4.07. The number of nitrogens with zero attached hydrogens (tertiary/aromatic N) is 2. The molecule has 1 fully saturated rings. The summed E-state index contributed by atoms with van der Waals surface area (Å²) in [7, 11) is 1.25. The standard InChI is InChI=1S/C25H25N3O5/c1-14-6-7-15(2)21(10-14)28-16(3)11-18(17(28)4)12-20-23(29)27(25(31)26-20)13-19-8-9-22(33-19)24(30)32-5/h6-12H,13H2,1-5H3,(H,26,31)/b20-12-. The number of ether oxygens (including phenoxy) is 1. The Bertz CT molecular complexity index is 1310. The minimum absolute atomic E-state index is 0.00852. The zero-order valence-corrected chi connectivity index (χ0v) is 19.2.